The SMILES string of the molecule is Cc1cc2c(-c3c4ccccc4c(-c4c(O)c(O)c(C)c(O)c4O)c4ccccc34)c(O)c(C)cc2c(-c2ccc3c(c2)CCC=C3)c1C. The molecule has 0 heterocycles. The molecule has 0 bridgehead atoms. The first kappa shape index (κ1) is 30.4. The van der Waals surface area contributed by atoms with Gasteiger partial charge in [-0.05, 0) is 118 Å². The smallest absolute Gasteiger partial charge is 0.169 e. The van der Waals surface area contributed by atoms with Crippen molar-refractivity contribution in [3.05, 3.63) is 118 Å². The highest BCUT2D eigenvalue weighted by molar-refractivity contribution is 6.26. The van der Waals surface area contributed by atoms with Gasteiger partial charge in [-0.15, -0.1) is 0 Å². The number of aryl methyl sites for hydroxylation is 3. The lowest BCUT2D eigenvalue weighted by atomic mass is 9.81. The lowest BCUT2D eigenvalue weighted by Gasteiger charge is -2.23. The zero-order valence-electron chi connectivity index (χ0n) is 27.8. The first-order chi connectivity index (χ1) is 23.6. The molecular weight excluding hydrogens is 608 g/mol. The Morgan fingerprint density at radius 1 is 0.449 bits per heavy atom. The first-order valence-corrected chi connectivity index (χ1v) is 16.5. The van der Waals surface area contributed by atoms with E-state index in [2.05, 4.69) is 56.3 Å². The minimum absolute atomic E-state index is 0.0167. The lowest BCUT2D eigenvalue weighted by Crippen LogP contribution is -1.98. The molecule has 1 aliphatic rings. The fourth-order valence-corrected chi connectivity index (χ4v) is 7.84. The molecule has 5 heteroatoms. The second-order valence-electron chi connectivity index (χ2n) is 13.3. The summed E-state index contributed by atoms with van der Waals surface area (Å²) in [7, 11) is 0. The topological polar surface area (TPSA) is 101 Å². The third-order valence-electron chi connectivity index (χ3n) is 10.5. The molecule has 0 atom stereocenters. The van der Waals surface area contributed by atoms with Crippen LogP contribution >= 0.6 is 0 Å². The van der Waals surface area contributed by atoms with Gasteiger partial charge in [0.05, 0.1) is 5.56 Å². The van der Waals surface area contributed by atoms with Crippen molar-refractivity contribution in [2.75, 3.05) is 0 Å². The van der Waals surface area contributed by atoms with Gasteiger partial charge in [0.2, 0.25) is 0 Å². The van der Waals surface area contributed by atoms with Gasteiger partial charge in [-0.1, -0.05) is 84.9 Å². The molecule has 0 aliphatic heterocycles. The Hall–Kier alpha value is -5.94. The average molecular weight is 645 g/mol. The van der Waals surface area contributed by atoms with Crippen LogP contribution in [0.15, 0.2) is 84.9 Å². The molecular formula is C44H36O5. The summed E-state index contributed by atoms with van der Waals surface area (Å²) in [5.74, 6) is -1.86. The van der Waals surface area contributed by atoms with Gasteiger partial charge >= 0.3 is 0 Å². The average Bonchev–Trinajstić information content (AvgIpc) is 3.11. The standard InChI is InChI=1S/C44H36O5/c1-22-19-34-33(35(24(22)3)28-18-17-26-11-5-6-12-27(26)21-28)20-23(2)40(45)38(34)36-29-13-7-9-15-31(29)37(32-16-10-8-14-30(32)36)39-43(48)41(46)25(4)42(47)44(39)49/h5,7-11,13-21,45-49H,6,12H2,1-4H3. The Morgan fingerprint density at radius 2 is 0.980 bits per heavy atom. The molecule has 0 radical (unpaired) electrons. The van der Waals surface area contributed by atoms with Gasteiger partial charge in [0.1, 0.15) is 5.75 Å². The lowest BCUT2D eigenvalue weighted by molar-refractivity contribution is 0.371. The van der Waals surface area contributed by atoms with Gasteiger partial charge in [0.15, 0.2) is 23.0 Å². The molecule has 7 aromatic carbocycles. The Morgan fingerprint density at radius 3 is 1.57 bits per heavy atom. The Balaban J connectivity index is 1.54. The van der Waals surface area contributed by atoms with E-state index in [4.69, 9.17) is 0 Å². The molecule has 242 valence electrons. The molecule has 5 nitrogen and oxygen atoms in total. The molecule has 0 amide bonds. The van der Waals surface area contributed by atoms with E-state index in [1.54, 1.807) is 0 Å². The monoisotopic (exact) mass is 644 g/mol. The normalized spacial score (nSPS) is 12.7. The highest BCUT2D eigenvalue weighted by Gasteiger charge is 2.28. The maximum atomic E-state index is 12.1. The van der Waals surface area contributed by atoms with Crippen molar-refractivity contribution < 1.29 is 25.5 Å². The minimum atomic E-state index is -0.518. The molecule has 8 rings (SSSR count). The van der Waals surface area contributed by atoms with Crippen LogP contribution in [0.4, 0.5) is 0 Å². The molecule has 0 unspecified atom stereocenters. The van der Waals surface area contributed by atoms with Crippen molar-refractivity contribution in [1.82, 2.24) is 0 Å². The Bertz CT molecular complexity index is 2510. The number of benzene rings is 7. The summed E-state index contributed by atoms with van der Waals surface area (Å²) in [6.45, 7) is 7.64. The molecule has 0 saturated carbocycles. The molecule has 49 heavy (non-hydrogen) atoms. The summed E-state index contributed by atoms with van der Waals surface area (Å²) in [6.07, 6.45) is 6.44. The van der Waals surface area contributed by atoms with Crippen LogP contribution in [0, 0.1) is 27.7 Å². The third kappa shape index (κ3) is 4.39. The summed E-state index contributed by atoms with van der Waals surface area (Å²) < 4.78 is 0. The number of allylic oxidation sites excluding steroid dienone is 1. The van der Waals surface area contributed by atoms with Gasteiger partial charge in [0.25, 0.3) is 0 Å². The van der Waals surface area contributed by atoms with Crippen LogP contribution in [0.1, 0.15) is 39.8 Å². The summed E-state index contributed by atoms with van der Waals surface area (Å²) in [5, 5.41) is 61.0. The quantitative estimate of drug-likeness (QED) is 0.0748. The highest BCUT2D eigenvalue weighted by Crippen LogP contribution is 2.56. The number of hydrogen-bond acceptors (Lipinski definition) is 5. The van der Waals surface area contributed by atoms with E-state index in [0.717, 1.165) is 62.2 Å². The zero-order chi connectivity index (χ0) is 34.3. The number of aromatic hydroxyl groups is 5. The van der Waals surface area contributed by atoms with Crippen LogP contribution < -0.4 is 0 Å². The molecule has 0 spiro atoms. The fraction of sp³-hybridized carbons (Fsp3) is 0.136. The summed E-state index contributed by atoms with van der Waals surface area (Å²) in [4.78, 5) is 0. The van der Waals surface area contributed by atoms with Crippen LogP contribution in [0.2, 0.25) is 0 Å². The second kappa shape index (κ2) is 11.1. The largest absolute Gasteiger partial charge is 0.507 e. The van der Waals surface area contributed by atoms with Crippen LogP contribution in [0.25, 0.3) is 71.8 Å². The number of phenols is 5. The van der Waals surface area contributed by atoms with Gasteiger partial charge in [0, 0.05) is 22.3 Å². The molecule has 7 aromatic rings. The van der Waals surface area contributed by atoms with E-state index >= 15 is 0 Å². The molecule has 1 aliphatic carbocycles. The van der Waals surface area contributed by atoms with Crippen LogP contribution in [0.3, 0.4) is 0 Å². The molecule has 0 fully saturated rings. The molecule has 0 saturated heterocycles. The summed E-state index contributed by atoms with van der Waals surface area (Å²) >= 11 is 0. The predicted molar refractivity (Wildman–Crippen MR) is 200 cm³/mol. The third-order valence-corrected chi connectivity index (χ3v) is 10.5. The van der Waals surface area contributed by atoms with Crippen molar-refractivity contribution in [1.29, 1.82) is 0 Å². The van der Waals surface area contributed by atoms with Crippen LogP contribution in [-0.2, 0) is 6.42 Å². The number of rotatable bonds is 3. The number of phenolic OH excluding ortho intramolecular Hbond substituents is 5. The van der Waals surface area contributed by atoms with Crippen molar-refractivity contribution in [2.24, 2.45) is 0 Å². The first-order valence-electron chi connectivity index (χ1n) is 16.5. The maximum Gasteiger partial charge on any atom is 0.169 e. The minimum Gasteiger partial charge on any atom is -0.507 e. The second-order valence-corrected chi connectivity index (χ2v) is 13.3. The zero-order valence-corrected chi connectivity index (χ0v) is 27.8. The van der Waals surface area contributed by atoms with Crippen molar-refractivity contribution in [3.63, 3.8) is 0 Å². The number of fused-ring (bicyclic) bond motifs is 4. The van der Waals surface area contributed by atoms with Gasteiger partial charge in [-0.2, -0.15) is 0 Å². The van der Waals surface area contributed by atoms with Gasteiger partial charge < -0.3 is 25.5 Å². The van der Waals surface area contributed by atoms with E-state index < -0.39 is 23.0 Å². The summed E-state index contributed by atoms with van der Waals surface area (Å²) in [6, 6.07) is 26.3. The maximum absolute atomic E-state index is 12.1. The van der Waals surface area contributed by atoms with E-state index in [0.29, 0.717) is 21.9 Å². The number of hydrogen-bond donors (Lipinski definition) is 5. The van der Waals surface area contributed by atoms with E-state index in [1.807, 2.05) is 55.5 Å². The van der Waals surface area contributed by atoms with E-state index in [-0.39, 0.29) is 16.9 Å². The molecule has 5 N–H and O–H groups in total. The van der Waals surface area contributed by atoms with Crippen LogP contribution in [-0.4, -0.2) is 25.5 Å². The van der Waals surface area contributed by atoms with Gasteiger partial charge in [-0.25, -0.2) is 0 Å². The Kier molecular flexibility index (Phi) is 6.86. The predicted octanol–water partition coefficient (Wildman–Crippen LogP) is 10.9. The van der Waals surface area contributed by atoms with Crippen molar-refractivity contribution >= 4 is 38.4 Å². The van der Waals surface area contributed by atoms with Crippen molar-refractivity contribution in [3.8, 4) is 62.1 Å². The molecule has 0 aromatic heterocycles. The van der Waals surface area contributed by atoms with Gasteiger partial charge in [-0.3, -0.25) is 0 Å². The van der Waals surface area contributed by atoms with E-state index in [9.17, 15) is 25.5 Å². The van der Waals surface area contributed by atoms with Crippen molar-refractivity contribution in [2.45, 2.75) is 40.5 Å². The van der Waals surface area contributed by atoms with Crippen LogP contribution in [0.5, 0.6) is 28.7 Å². The highest BCUT2D eigenvalue weighted by atomic mass is 16.3. The van der Waals surface area contributed by atoms with E-state index in [1.165, 1.54) is 23.6 Å². The Labute approximate surface area is 284 Å². The summed E-state index contributed by atoms with van der Waals surface area (Å²) in [5.41, 5.74) is 9.80. The fourth-order valence-electron chi connectivity index (χ4n) is 7.84.